The Balaban J connectivity index is 1.59. The Morgan fingerprint density at radius 1 is 1.12 bits per heavy atom. The molecule has 1 heterocycles. The quantitative estimate of drug-likeness (QED) is 0.479. The Morgan fingerprint density at radius 3 is 2.62 bits per heavy atom. The van der Waals surface area contributed by atoms with Gasteiger partial charge in [0.2, 0.25) is 0 Å². The summed E-state index contributed by atoms with van der Waals surface area (Å²) in [5.74, 6) is 1.67. The summed E-state index contributed by atoms with van der Waals surface area (Å²) in [6.07, 6.45) is 0. The molecule has 0 amide bonds. The van der Waals surface area contributed by atoms with Crippen LogP contribution in [0.1, 0.15) is 0 Å². The third-order valence-electron chi connectivity index (χ3n) is 3.35. The summed E-state index contributed by atoms with van der Waals surface area (Å²) in [5.41, 5.74) is 0.441. The third-order valence-corrected chi connectivity index (χ3v) is 4.58. The van der Waals surface area contributed by atoms with E-state index in [9.17, 15) is 4.39 Å². The molecule has 2 aromatic carbocycles. The number of aromatic nitrogens is 3. The van der Waals surface area contributed by atoms with Crippen molar-refractivity contribution in [2.75, 3.05) is 12.4 Å². The molecule has 24 heavy (non-hydrogen) atoms. The van der Waals surface area contributed by atoms with Crippen LogP contribution in [0, 0.1) is 5.82 Å². The zero-order valence-corrected chi connectivity index (χ0v) is 14.5. The van der Waals surface area contributed by atoms with Crippen molar-refractivity contribution in [2.24, 2.45) is 7.05 Å². The highest BCUT2D eigenvalue weighted by Gasteiger charge is 2.14. The second-order valence-corrected chi connectivity index (χ2v) is 6.49. The van der Waals surface area contributed by atoms with Crippen molar-refractivity contribution < 1.29 is 9.13 Å². The summed E-state index contributed by atoms with van der Waals surface area (Å²) in [6.45, 7) is 0.522. The van der Waals surface area contributed by atoms with Gasteiger partial charge >= 0.3 is 0 Å². The highest BCUT2D eigenvalue weighted by molar-refractivity contribution is 7.99. The molecule has 0 atom stereocenters. The predicted octanol–water partition coefficient (Wildman–Crippen LogP) is 4.45. The van der Waals surface area contributed by atoms with E-state index < -0.39 is 0 Å². The maximum absolute atomic E-state index is 13.9. The first-order valence-corrected chi connectivity index (χ1v) is 8.67. The minimum absolute atomic E-state index is 0.310. The van der Waals surface area contributed by atoms with Gasteiger partial charge in [-0.25, -0.2) is 4.39 Å². The third kappa shape index (κ3) is 3.88. The standard InChI is InChI=1S/C17H15ClFN3OS/c1-22-16(14-4-2-3-5-15(14)19)20-21-17(22)24-11-10-23-13-8-6-12(18)7-9-13/h2-9H,10-11H2,1H3. The SMILES string of the molecule is Cn1c(SCCOc2ccc(Cl)cc2)nnc1-c1ccccc1F. The summed E-state index contributed by atoms with van der Waals surface area (Å²) in [7, 11) is 1.82. The van der Waals surface area contributed by atoms with Crippen LogP contribution in [0.15, 0.2) is 53.7 Å². The molecule has 0 aliphatic carbocycles. The van der Waals surface area contributed by atoms with Gasteiger partial charge in [0.05, 0.1) is 12.2 Å². The molecule has 0 radical (unpaired) electrons. The molecular formula is C17H15ClFN3OS. The van der Waals surface area contributed by atoms with Crippen LogP contribution >= 0.6 is 23.4 Å². The van der Waals surface area contributed by atoms with E-state index in [1.165, 1.54) is 17.8 Å². The van der Waals surface area contributed by atoms with E-state index in [1.807, 2.05) is 19.2 Å². The summed E-state index contributed by atoms with van der Waals surface area (Å²) in [4.78, 5) is 0. The first-order chi connectivity index (χ1) is 11.6. The van der Waals surface area contributed by atoms with E-state index in [2.05, 4.69) is 10.2 Å². The zero-order valence-electron chi connectivity index (χ0n) is 12.9. The van der Waals surface area contributed by atoms with Crippen LogP contribution in [-0.2, 0) is 7.05 Å². The number of benzene rings is 2. The Morgan fingerprint density at radius 2 is 1.88 bits per heavy atom. The molecule has 4 nitrogen and oxygen atoms in total. The van der Waals surface area contributed by atoms with E-state index in [-0.39, 0.29) is 5.82 Å². The van der Waals surface area contributed by atoms with Gasteiger partial charge in [0.15, 0.2) is 11.0 Å². The molecule has 7 heteroatoms. The number of nitrogens with zero attached hydrogens (tertiary/aromatic N) is 3. The number of halogens is 2. The molecule has 0 unspecified atom stereocenters. The monoisotopic (exact) mass is 363 g/mol. The lowest BCUT2D eigenvalue weighted by Gasteiger charge is -2.06. The number of thioether (sulfide) groups is 1. The van der Waals surface area contributed by atoms with Crippen LogP contribution in [0.2, 0.25) is 5.02 Å². The van der Waals surface area contributed by atoms with E-state index in [0.717, 1.165) is 5.75 Å². The average Bonchev–Trinajstić information content (AvgIpc) is 2.94. The molecule has 0 aliphatic heterocycles. The molecule has 0 aliphatic rings. The largest absolute Gasteiger partial charge is 0.493 e. The van der Waals surface area contributed by atoms with Crippen LogP contribution < -0.4 is 4.74 Å². The molecule has 0 spiro atoms. The summed E-state index contributed by atoms with van der Waals surface area (Å²) >= 11 is 7.34. The van der Waals surface area contributed by atoms with Crippen LogP contribution in [0.3, 0.4) is 0 Å². The normalized spacial score (nSPS) is 10.8. The fourth-order valence-corrected chi connectivity index (χ4v) is 2.99. The van der Waals surface area contributed by atoms with Crippen LogP contribution in [0.5, 0.6) is 5.75 Å². The van der Waals surface area contributed by atoms with Gasteiger partial charge in [0.1, 0.15) is 11.6 Å². The maximum atomic E-state index is 13.9. The van der Waals surface area contributed by atoms with E-state index in [4.69, 9.17) is 16.3 Å². The molecular weight excluding hydrogens is 349 g/mol. The van der Waals surface area contributed by atoms with Gasteiger partial charge in [0.25, 0.3) is 0 Å². The lowest BCUT2D eigenvalue weighted by molar-refractivity contribution is 0.344. The van der Waals surface area contributed by atoms with Gasteiger partial charge in [-0.2, -0.15) is 0 Å². The lowest BCUT2D eigenvalue weighted by atomic mass is 10.2. The average molecular weight is 364 g/mol. The molecule has 0 bridgehead atoms. The van der Waals surface area contributed by atoms with Crippen molar-refractivity contribution in [3.63, 3.8) is 0 Å². The second kappa shape index (κ2) is 7.68. The van der Waals surface area contributed by atoms with Gasteiger partial charge in [-0.1, -0.05) is 35.5 Å². The van der Waals surface area contributed by atoms with E-state index in [0.29, 0.717) is 33.9 Å². The lowest BCUT2D eigenvalue weighted by Crippen LogP contribution is -2.02. The molecule has 3 aromatic rings. The minimum Gasteiger partial charge on any atom is -0.493 e. The van der Waals surface area contributed by atoms with Crippen molar-refractivity contribution in [1.29, 1.82) is 0 Å². The van der Waals surface area contributed by atoms with E-state index in [1.54, 1.807) is 34.9 Å². The molecule has 0 saturated carbocycles. The van der Waals surface area contributed by atoms with Gasteiger partial charge in [-0.3, -0.25) is 0 Å². The van der Waals surface area contributed by atoms with Crippen LogP contribution in [0.4, 0.5) is 4.39 Å². The van der Waals surface area contributed by atoms with E-state index >= 15 is 0 Å². The summed E-state index contributed by atoms with van der Waals surface area (Å²) in [6, 6.07) is 13.8. The fraction of sp³-hybridized carbons (Fsp3) is 0.176. The van der Waals surface area contributed by atoms with Crippen molar-refractivity contribution in [2.45, 2.75) is 5.16 Å². The van der Waals surface area contributed by atoms with Crippen molar-refractivity contribution >= 4 is 23.4 Å². The smallest absolute Gasteiger partial charge is 0.191 e. The molecule has 0 saturated heterocycles. The second-order valence-electron chi connectivity index (χ2n) is 5.00. The van der Waals surface area contributed by atoms with Crippen molar-refractivity contribution in [1.82, 2.24) is 14.8 Å². The van der Waals surface area contributed by atoms with Crippen molar-refractivity contribution in [3.8, 4) is 17.1 Å². The van der Waals surface area contributed by atoms with Gasteiger partial charge in [-0.05, 0) is 36.4 Å². The number of ether oxygens (including phenoxy) is 1. The Hall–Kier alpha value is -2.05. The Bertz CT molecular complexity index is 823. The number of rotatable bonds is 6. The minimum atomic E-state index is -0.310. The molecule has 1 aromatic heterocycles. The molecule has 124 valence electrons. The van der Waals surface area contributed by atoms with Gasteiger partial charge < -0.3 is 9.30 Å². The molecule has 3 rings (SSSR count). The first-order valence-electron chi connectivity index (χ1n) is 7.30. The van der Waals surface area contributed by atoms with Crippen LogP contribution in [-0.4, -0.2) is 27.1 Å². The summed E-state index contributed by atoms with van der Waals surface area (Å²) in [5, 5.41) is 9.61. The van der Waals surface area contributed by atoms with Gasteiger partial charge in [-0.15, -0.1) is 10.2 Å². The predicted molar refractivity (Wildman–Crippen MR) is 94.1 cm³/mol. The Labute approximate surface area is 148 Å². The topological polar surface area (TPSA) is 39.9 Å². The van der Waals surface area contributed by atoms with Crippen LogP contribution in [0.25, 0.3) is 11.4 Å². The number of hydrogen-bond acceptors (Lipinski definition) is 4. The zero-order chi connectivity index (χ0) is 16.9. The van der Waals surface area contributed by atoms with Crippen molar-refractivity contribution in [3.05, 3.63) is 59.4 Å². The molecule has 0 fully saturated rings. The van der Waals surface area contributed by atoms with Gasteiger partial charge in [0, 0.05) is 17.8 Å². The number of hydrogen-bond donors (Lipinski definition) is 0. The molecule has 0 N–H and O–H groups in total. The Kier molecular flexibility index (Phi) is 5.37. The fourth-order valence-electron chi connectivity index (χ4n) is 2.14. The highest BCUT2D eigenvalue weighted by Crippen LogP contribution is 2.24. The highest BCUT2D eigenvalue weighted by atomic mass is 35.5. The first kappa shape index (κ1) is 16.8. The maximum Gasteiger partial charge on any atom is 0.191 e. The summed E-state index contributed by atoms with van der Waals surface area (Å²) < 4.78 is 21.3.